The Labute approximate surface area is 343 Å². The number of hydrogen-bond acceptors (Lipinski definition) is 16. The molecular weight excluding hydrogens is 801 g/mol. The fourth-order valence-corrected chi connectivity index (χ4v) is 6.78. The van der Waals surface area contributed by atoms with Crippen molar-refractivity contribution in [2.24, 2.45) is 0 Å². The van der Waals surface area contributed by atoms with Crippen molar-refractivity contribution in [3.05, 3.63) is 112 Å². The largest absolute Gasteiger partial charge is 0.480 e. The first kappa shape index (κ1) is 44.6. The number of anilines is 2. The zero-order valence-electron chi connectivity index (χ0n) is 32.8. The second-order valence-electron chi connectivity index (χ2n) is 12.9. The highest BCUT2D eigenvalue weighted by atomic mass is 31.2. The fourth-order valence-electron chi connectivity index (χ4n) is 5.57. The third-order valence-corrected chi connectivity index (χ3v) is 10.1. The summed E-state index contributed by atoms with van der Waals surface area (Å²) in [5.74, 6) is -3.56. The molecule has 2 aromatic heterocycles. The number of nitrogen functional groups attached to an aromatic ring is 1. The van der Waals surface area contributed by atoms with Crippen molar-refractivity contribution < 1.29 is 51.9 Å². The summed E-state index contributed by atoms with van der Waals surface area (Å²) in [4.78, 5) is 77.7. The number of para-hydroxylation sites is 1. The minimum Gasteiger partial charge on any atom is -0.480 e. The van der Waals surface area contributed by atoms with Gasteiger partial charge in [-0.3, -0.25) is 32.9 Å². The van der Waals surface area contributed by atoms with Crippen LogP contribution in [0.2, 0.25) is 0 Å². The van der Waals surface area contributed by atoms with Crippen molar-refractivity contribution in [2.75, 3.05) is 30.9 Å². The maximum Gasteiger partial charge on any atom is 0.474 e. The van der Waals surface area contributed by atoms with Gasteiger partial charge < -0.3 is 30.9 Å². The van der Waals surface area contributed by atoms with E-state index in [1.807, 2.05) is 0 Å². The van der Waals surface area contributed by atoms with E-state index >= 15 is 0 Å². The maximum atomic E-state index is 13.1. The highest BCUT2D eigenvalue weighted by Gasteiger charge is 2.25. The SMILES string of the molecule is CCOP(=O)(OCC)OCCCCc1ccc(OC(=O)c2ccccc2OC(=O)CC[C@H](NC(=O)c2ccc(NCc3cnc4nc(N)[nH]c(=O)c4n3)cc2)C(=O)O)cc1. The number of hydrogen-bond donors (Lipinski definition) is 5. The van der Waals surface area contributed by atoms with E-state index in [1.165, 1.54) is 30.5 Å². The fraction of sp³-hybridized carbons (Fsp3) is 0.300. The Morgan fingerprint density at radius 1 is 0.900 bits per heavy atom. The molecule has 20 heteroatoms. The van der Waals surface area contributed by atoms with E-state index in [0.717, 1.165) is 12.0 Å². The topological polar surface area (TPSA) is 273 Å². The lowest BCUT2D eigenvalue weighted by molar-refractivity contribution is -0.140. The van der Waals surface area contributed by atoms with Crippen LogP contribution in [0, 0.1) is 0 Å². The molecule has 1 atom stereocenters. The van der Waals surface area contributed by atoms with E-state index < -0.39 is 49.7 Å². The molecule has 0 aliphatic rings. The van der Waals surface area contributed by atoms with Gasteiger partial charge in [0, 0.05) is 17.7 Å². The number of nitrogens with two attached hydrogens (primary N) is 1. The Morgan fingerprint density at radius 3 is 2.32 bits per heavy atom. The van der Waals surface area contributed by atoms with Gasteiger partial charge in [-0.15, -0.1) is 0 Å². The average Bonchev–Trinajstić information content (AvgIpc) is 3.22. The standard InChI is InChI=1S/C40H44N7O12P/c1-3-55-60(54,56-4-2)57-22-8-7-9-25-12-18-29(19-13-25)58-39(53)30-10-5-6-11-32(30)59-33(48)21-20-31(38(51)52)45-36(49)26-14-16-27(17-15-26)42-23-28-24-43-35-34(44-28)37(50)47-40(41)46-35/h5-6,10-19,24,31,42H,3-4,7-9,20-23H2,1-2H3,(H,45,49)(H,51,52)(H3,41,43,46,47,50)/t31-/m0/s1. The number of amides is 1. The number of unbranched alkanes of at least 4 members (excludes halogenated alkanes) is 1. The number of carboxylic acid groups (broad SMARTS) is 1. The van der Waals surface area contributed by atoms with Crippen LogP contribution in [0.3, 0.4) is 0 Å². The van der Waals surface area contributed by atoms with Crippen molar-refractivity contribution in [2.45, 2.75) is 58.5 Å². The second kappa shape index (κ2) is 21.5. The van der Waals surface area contributed by atoms with Crippen LogP contribution in [0.1, 0.15) is 71.5 Å². The van der Waals surface area contributed by atoms with Crippen LogP contribution in [0.4, 0.5) is 11.6 Å². The Kier molecular flexibility index (Phi) is 15.9. The number of aryl methyl sites for hydroxylation is 1. The number of rotatable bonds is 22. The summed E-state index contributed by atoms with van der Waals surface area (Å²) in [5, 5.41) is 15.3. The van der Waals surface area contributed by atoms with Crippen molar-refractivity contribution in [1.29, 1.82) is 0 Å². The molecule has 5 aromatic rings. The van der Waals surface area contributed by atoms with Gasteiger partial charge in [0.1, 0.15) is 23.1 Å². The van der Waals surface area contributed by atoms with Gasteiger partial charge in [0.15, 0.2) is 11.2 Å². The minimum atomic E-state index is -3.55. The molecule has 0 aliphatic carbocycles. The van der Waals surface area contributed by atoms with Crippen molar-refractivity contribution in [3.63, 3.8) is 0 Å². The Hall–Kier alpha value is -6.53. The third kappa shape index (κ3) is 13.0. The van der Waals surface area contributed by atoms with Gasteiger partial charge in [0.2, 0.25) is 5.95 Å². The number of aliphatic carboxylic acids is 1. The average molecular weight is 846 g/mol. The van der Waals surface area contributed by atoms with Crippen LogP contribution in [0.15, 0.2) is 83.8 Å². The smallest absolute Gasteiger partial charge is 0.474 e. The molecule has 0 saturated carbocycles. The van der Waals surface area contributed by atoms with Crippen LogP contribution < -0.4 is 31.4 Å². The molecule has 1 amide bonds. The molecule has 0 radical (unpaired) electrons. The first-order valence-electron chi connectivity index (χ1n) is 18.9. The molecule has 2 heterocycles. The van der Waals surface area contributed by atoms with E-state index in [1.54, 1.807) is 62.4 Å². The lowest BCUT2D eigenvalue weighted by Gasteiger charge is -2.16. The van der Waals surface area contributed by atoms with Gasteiger partial charge in [-0.1, -0.05) is 24.3 Å². The summed E-state index contributed by atoms with van der Waals surface area (Å²) in [6.45, 7) is 4.22. The zero-order valence-corrected chi connectivity index (χ0v) is 33.6. The summed E-state index contributed by atoms with van der Waals surface area (Å²) in [6, 6.07) is 17.5. The number of ether oxygens (including phenoxy) is 2. The van der Waals surface area contributed by atoms with E-state index in [0.29, 0.717) is 24.2 Å². The molecule has 5 rings (SSSR count). The van der Waals surface area contributed by atoms with E-state index in [-0.39, 0.29) is 72.5 Å². The number of aromatic nitrogens is 4. The van der Waals surface area contributed by atoms with Crippen LogP contribution in [-0.2, 0) is 40.7 Å². The predicted molar refractivity (Wildman–Crippen MR) is 217 cm³/mol. The highest BCUT2D eigenvalue weighted by molar-refractivity contribution is 7.48. The Balaban J connectivity index is 1.07. The third-order valence-electron chi connectivity index (χ3n) is 8.50. The van der Waals surface area contributed by atoms with Crippen LogP contribution in [-0.4, -0.2) is 74.7 Å². The van der Waals surface area contributed by atoms with Crippen molar-refractivity contribution in [1.82, 2.24) is 25.3 Å². The van der Waals surface area contributed by atoms with Gasteiger partial charge in [-0.2, -0.15) is 4.98 Å². The molecule has 0 unspecified atom stereocenters. The molecule has 60 heavy (non-hydrogen) atoms. The number of aromatic amines is 1. The lowest BCUT2D eigenvalue weighted by atomic mass is 10.1. The molecule has 0 bridgehead atoms. The van der Waals surface area contributed by atoms with Gasteiger partial charge in [-0.25, -0.2) is 24.1 Å². The number of fused-ring (bicyclic) bond motifs is 1. The summed E-state index contributed by atoms with van der Waals surface area (Å²) in [5.41, 5.74) is 7.30. The summed E-state index contributed by atoms with van der Waals surface area (Å²) in [6.07, 6.45) is 2.78. The second-order valence-corrected chi connectivity index (χ2v) is 14.6. The molecule has 0 aliphatic heterocycles. The molecule has 0 saturated heterocycles. The van der Waals surface area contributed by atoms with E-state index in [2.05, 4.69) is 30.6 Å². The Bertz CT molecular complexity index is 2380. The van der Waals surface area contributed by atoms with Crippen LogP contribution in [0.25, 0.3) is 11.2 Å². The molecule has 0 fully saturated rings. The number of benzene rings is 3. The molecule has 316 valence electrons. The number of phosphoric acid groups is 1. The van der Waals surface area contributed by atoms with Crippen molar-refractivity contribution in [3.8, 4) is 11.5 Å². The van der Waals surface area contributed by atoms with Crippen LogP contribution >= 0.6 is 7.82 Å². The number of esters is 2. The molecule has 19 nitrogen and oxygen atoms in total. The monoisotopic (exact) mass is 845 g/mol. The lowest BCUT2D eigenvalue weighted by Crippen LogP contribution is -2.41. The number of nitrogens with one attached hydrogen (secondary N) is 3. The number of phosphoric ester groups is 1. The summed E-state index contributed by atoms with van der Waals surface area (Å²) < 4.78 is 38.9. The van der Waals surface area contributed by atoms with Gasteiger partial charge in [0.25, 0.3) is 11.5 Å². The zero-order chi connectivity index (χ0) is 43.1. The van der Waals surface area contributed by atoms with E-state index in [4.69, 9.17) is 28.8 Å². The van der Waals surface area contributed by atoms with Gasteiger partial charge in [0.05, 0.1) is 38.3 Å². The minimum absolute atomic E-state index is 0.0318. The van der Waals surface area contributed by atoms with Crippen LogP contribution in [0.5, 0.6) is 11.5 Å². The van der Waals surface area contributed by atoms with Gasteiger partial charge >= 0.3 is 25.7 Å². The number of carbonyl (C=O) groups is 4. The maximum absolute atomic E-state index is 13.1. The summed E-state index contributed by atoms with van der Waals surface area (Å²) >= 11 is 0. The molecule has 0 spiro atoms. The normalized spacial score (nSPS) is 11.8. The number of carboxylic acids is 1. The molecule has 6 N–H and O–H groups in total. The van der Waals surface area contributed by atoms with Gasteiger partial charge in [-0.05, 0) is 93.6 Å². The summed E-state index contributed by atoms with van der Waals surface area (Å²) in [7, 11) is -3.55. The highest BCUT2D eigenvalue weighted by Crippen LogP contribution is 2.49. The first-order chi connectivity index (χ1) is 28.9. The quantitative estimate of drug-likeness (QED) is 0.0259. The molecule has 3 aromatic carbocycles. The first-order valence-corrected chi connectivity index (χ1v) is 20.4. The Morgan fingerprint density at radius 2 is 1.62 bits per heavy atom. The molecular formula is C40H44N7O12P. The predicted octanol–water partition coefficient (Wildman–Crippen LogP) is 5.22. The number of carbonyl (C=O) groups excluding carboxylic acids is 3. The number of H-pyrrole nitrogens is 1. The van der Waals surface area contributed by atoms with Crippen molar-refractivity contribution >= 4 is 54.4 Å². The number of nitrogens with zero attached hydrogens (tertiary/aromatic N) is 3. The van der Waals surface area contributed by atoms with E-state index in [9.17, 15) is 33.6 Å².